The van der Waals surface area contributed by atoms with E-state index < -0.39 is 0 Å². The number of nitrogens with one attached hydrogen (secondary N) is 1. The summed E-state index contributed by atoms with van der Waals surface area (Å²) in [7, 11) is 0. The molecule has 0 amide bonds. The molecule has 3 heteroatoms. The van der Waals surface area contributed by atoms with E-state index in [9.17, 15) is 0 Å². The van der Waals surface area contributed by atoms with Crippen molar-refractivity contribution in [2.45, 2.75) is 6.54 Å². The maximum absolute atomic E-state index is 7.42. The van der Waals surface area contributed by atoms with Crippen LogP contribution in [0.15, 0.2) is 48.5 Å². The Morgan fingerprint density at radius 3 is 2.35 bits per heavy atom. The molecule has 3 nitrogen and oxygen atoms in total. The zero-order chi connectivity index (χ0) is 12.3. The Balaban J connectivity index is 2.52. The van der Waals surface area contributed by atoms with Gasteiger partial charge in [-0.1, -0.05) is 42.5 Å². The zero-order valence-corrected chi connectivity index (χ0v) is 9.48. The van der Waals surface area contributed by atoms with Crippen LogP contribution >= 0.6 is 0 Å². The van der Waals surface area contributed by atoms with Crippen LogP contribution in [0, 0.1) is 5.41 Å². The Hall–Kier alpha value is -2.13. The van der Waals surface area contributed by atoms with Gasteiger partial charge in [0, 0.05) is 12.1 Å². The third-order valence-electron chi connectivity index (χ3n) is 2.72. The Morgan fingerprint density at radius 1 is 1.06 bits per heavy atom. The van der Waals surface area contributed by atoms with E-state index in [0.717, 1.165) is 16.7 Å². The first kappa shape index (κ1) is 11.4. The van der Waals surface area contributed by atoms with Gasteiger partial charge < -0.3 is 11.5 Å². The second-order valence-electron chi connectivity index (χ2n) is 3.86. The van der Waals surface area contributed by atoms with Gasteiger partial charge in [-0.05, 0) is 22.8 Å². The quantitative estimate of drug-likeness (QED) is 0.552. The van der Waals surface area contributed by atoms with E-state index in [1.807, 2.05) is 48.5 Å². The largest absolute Gasteiger partial charge is 0.384 e. The SMILES string of the molecule is N=C(N)c1ccc(-c2ccccc2)c(CN)c1. The molecule has 2 aromatic rings. The standard InChI is InChI=1S/C14H15N3/c15-9-12-8-11(14(16)17)6-7-13(12)10-4-2-1-3-5-10/h1-8H,9,15H2,(H3,16,17). The number of nitrogens with two attached hydrogens (primary N) is 2. The highest BCUT2D eigenvalue weighted by molar-refractivity contribution is 5.95. The summed E-state index contributed by atoms with van der Waals surface area (Å²) in [5, 5.41) is 7.42. The van der Waals surface area contributed by atoms with E-state index in [1.54, 1.807) is 0 Å². The molecule has 0 saturated carbocycles. The van der Waals surface area contributed by atoms with E-state index in [4.69, 9.17) is 16.9 Å². The summed E-state index contributed by atoms with van der Waals surface area (Å²) in [6.45, 7) is 0.436. The molecular weight excluding hydrogens is 210 g/mol. The summed E-state index contributed by atoms with van der Waals surface area (Å²) < 4.78 is 0. The lowest BCUT2D eigenvalue weighted by Crippen LogP contribution is -2.12. The van der Waals surface area contributed by atoms with Crippen LogP contribution in [0.4, 0.5) is 0 Å². The monoisotopic (exact) mass is 225 g/mol. The van der Waals surface area contributed by atoms with Gasteiger partial charge in [-0.2, -0.15) is 0 Å². The molecule has 0 spiro atoms. The van der Waals surface area contributed by atoms with Crippen LogP contribution in [0.1, 0.15) is 11.1 Å². The fraction of sp³-hybridized carbons (Fsp3) is 0.0714. The summed E-state index contributed by atoms with van der Waals surface area (Å²) >= 11 is 0. The average molecular weight is 225 g/mol. The Bertz CT molecular complexity index is 532. The molecule has 5 N–H and O–H groups in total. The number of amidine groups is 1. The van der Waals surface area contributed by atoms with E-state index >= 15 is 0 Å². The molecule has 0 fully saturated rings. The van der Waals surface area contributed by atoms with Crippen molar-refractivity contribution in [3.8, 4) is 11.1 Å². The second-order valence-corrected chi connectivity index (χ2v) is 3.86. The maximum atomic E-state index is 7.42. The van der Waals surface area contributed by atoms with Crippen molar-refractivity contribution in [2.24, 2.45) is 11.5 Å². The van der Waals surface area contributed by atoms with Crippen molar-refractivity contribution < 1.29 is 0 Å². The van der Waals surface area contributed by atoms with Gasteiger partial charge in [0.05, 0.1) is 0 Å². The van der Waals surface area contributed by atoms with Crippen molar-refractivity contribution in [1.29, 1.82) is 5.41 Å². The molecule has 0 aliphatic carbocycles. The van der Waals surface area contributed by atoms with Gasteiger partial charge in [-0.3, -0.25) is 5.41 Å². The van der Waals surface area contributed by atoms with E-state index in [2.05, 4.69) is 0 Å². The predicted octanol–water partition coefficient (Wildman–Crippen LogP) is 2.10. The Morgan fingerprint density at radius 2 is 1.76 bits per heavy atom. The number of hydrogen-bond donors (Lipinski definition) is 3. The third-order valence-corrected chi connectivity index (χ3v) is 2.72. The molecular formula is C14H15N3. The fourth-order valence-corrected chi connectivity index (χ4v) is 1.83. The minimum atomic E-state index is 0.0688. The Labute approximate surface area is 101 Å². The molecule has 0 unspecified atom stereocenters. The molecule has 0 aromatic heterocycles. The minimum Gasteiger partial charge on any atom is -0.384 e. The number of nitrogen functional groups attached to an aromatic ring is 1. The molecule has 0 aliphatic heterocycles. The van der Waals surface area contributed by atoms with E-state index in [0.29, 0.717) is 12.1 Å². The van der Waals surface area contributed by atoms with Crippen LogP contribution in [0.25, 0.3) is 11.1 Å². The number of benzene rings is 2. The highest BCUT2D eigenvalue weighted by Gasteiger charge is 2.06. The van der Waals surface area contributed by atoms with Crippen LogP contribution in [0.3, 0.4) is 0 Å². The molecule has 2 aromatic carbocycles. The van der Waals surface area contributed by atoms with Gasteiger partial charge >= 0.3 is 0 Å². The average Bonchev–Trinajstić information content (AvgIpc) is 2.39. The van der Waals surface area contributed by atoms with Gasteiger partial charge in [-0.25, -0.2) is 0 Å². The summed E-state index contributed by atoms with van der Waals surface area (Å²) in [6, 6.07) is 15.8. The first-order valence-corrected chi connectivity index (χ1v) is 5.45. The molecule has 86 valence electrons. The molecule has 0 radical (unpaired) electrons. The molecule has 17 heavy (non-hydrogen) atoms. The first-order valence-electron chi connectivity index (χ1n) is 5.45. The van der Waals surface area contributed by atoms with Crippen LogP contribution in [0.2, 0.25) is 0 Å². The van der Waals surface area contributed by atoms with Gasteiger partial charge in [0.25, 0.3) is 0 Å². The molecule has 0 bridgehead atoms. The summed E-state index contributed by atoms with van der Waals surface area (Å²) in [5.74, 6) is 0.0688. The highest BCUT2D eigenvalue weighted by atomic mass is 14.7. The number of hydrogen-bond acceptors (Lipinski definition) is 2. The van der Waals surface area contributed by atoms with Crippen molar-refractivity contribution in [2.75, 3.05) is 0 Å². The van der Waals surface area contributed by atoms with E-state index in [-0.39, 0.29) is 5.84 Å². The number of rotatable bonds is 3. The zero-order valence-electron chi connectivity index (χ0n) is 9.48. The summed E-state index contributed by atoms with van der Waals surface area (Å²) in [6.07, 6.45) is 0. The van der Waals surface area contributed by atoms with Crippen molar-refractivity contribution >= 4 is 5.84 Å². The maximum Gasteiger partial charge on any atom is 0.122 e. The topological polar surface area (TPSA) is 75.9 Å². The molecule has 0 heterocycles. The van der Waals surface area contributed by atoms with Crippen LogP contribution in [0.5, 0.6) is 0 Å². The smallest absolute Gasteiger partial charge is 0.122 e. The highest BCUT2D eigenvalue weighted by Crippen LogP contribution is 2.24. The van der Waals surface area contributed by atoms with Crippen LogP contribution in [-0.4, -0.2) is 5.84 Å². The molecule has 0 saturated heterocycles. The third kappa shape index (κ3) is 2.34. The molecule has 0 aliphatic rings. The van der Waals surface area contributed by atoms with Gasteiger partial charge in [0.2, 0.25) is 0 Å². The normalized spacial score (nSPS) is 10.2. The summed E-state index contributed by atoms with van der Waals surface area (Å²) in [4.78, 5) is 0. The van der Waals surface area contributed by atoms with Gasteiger partial charge in [-0.15, -0.1) is 0 Å². The van der Waals surface area contributed by atoms with Gasteiger partial charge in [0.1, 0.15) is 5.84 Å². The van der Waals surface area contributed by atoms with E-state index in [1.165, 1.54) is 0 Å². The lowest BCUT2D eigenvalue weighted by molar-refractivity contribution is 1.07. The van der Waals surface area contributed by atoms with Crippen LogP contribution in [-0.2, 0) is 6.54 Å². The van der Waals surface area contributed by atoms with Crippen LogP contribution < -0.4 is 11.5 Å². The Kier molecular flexibility index (Phi) is 3.21. The van der Waals surface area contributed by atoms with Gasteiger partial charge in [0.15, 0.2) is 0 Å². The fourth-order valence-electron chi connectivity index (χ4n) is 1.83. The molecule has 0 atom stereocenters. The first-order chi connectivity index (χ1) is 8.22. The summed E-state index contributed by atoms with van der Waals surface area (Å²) in [5.41, 5.74) is 15.2. The predicted molar refractivity (Wildman–Crippen MR) is 70.8 cm³/mol. The minimum absolute atomic E-state index is 0.0688. The van der Waals surface area contributed by atoms with Crippen molar-refractivity contribution in [3.05, 3.63) is 59.7 Å². The van der Waals surface area contributed by atoms with Crippen molar-refractivity contribution in [1.82, 2.24) is 0 Å². The second kappa shape index (κ2) is 4.80. The lowest BCUT2D eigenvalue weighted by atomic mass is 9.97. The van der Waals surface area contributed by atoms with Crippen molar-refractivity contribution in [3.63, 3.8) is 0 Å². The lowest BCUT2D eigenvalue weighted by Gasteiger charge is -2.10. The molecule has 2 rings (SSSR count).